The van der Waals surface area contributed by atoms with Crippen LogP contribution in [0.5, 0.6) is 0 Å². The van der Waals surface area contributed by atoms with Gasteiger partial charge >= 0.3 is 5.97 Å². The summed E-state index contributed by atoms with van der Waals surface area (Å²) in [5, 5.41) is 8.14. The first kappa shape index (κ1) is 6.45. The SMILES string of the molecule is O=C(O)[C@H]1C[C@H]1C(F)F. The highest BCUT2D eigenvalue weighted by atomic mass is 19.3. The van der Waals surface area contributed by atoms with Gasteiger partial charge in [0.25, 0.3) is 0 Å². The third-order valence-corrected chi connectivity index (χ3v) is 1.48. The van der Waals surface area contributed by atoms with E-state index in [0.29, 0.717) is 0 Å². The summed E-state index contributed by atoms with van der Waals surface area (Å²) >= 11 is 0. The number of aliphatic carboxylic acids is 1. The predicted molar refractivity (Wildman–Crippen MR) is 25.2 cm³/mol. The fraction of sp³-hybridized carbons (Fsp3) is 0.800. The van der Waals surface area contributed by atoms with Gasteiger partial charge in [-0.2, -0.15) is 0 Å². The van der Waals surface area contributed by atoms with E-state index >= 15 is 0 Å². The van der Waals surface area contributed by atoms with Crippen molar-refractivity contribution in [2.75, 3.05) is 0 Å². The zero-order valence-electron chi connectivity index (χ0n) is 4.55. The predicted octanol–water partition coefficient (Wildman–Crippen LogP) is 0.972. The summed E-state index contributed by atoms with van der Waals surface area (Å²) in [6, 6.07) is 0. The van der Waals surface area contributed by atoms with Crippen LogP contribution < -0.4 is 0 Å². The van der Waals surface area contributed by atoms with Crippen molar-refractivity contribution in [1.82, 2.24) is 0 Å². The summed E-state index contributed by atoms with van der Waals surface area (Å²) < 4.78 is 23.1. The quantitative estimate of drug-likeness (QED) is 0.614. The van der Waals surface area contributed by atoms with Crippen LogP contribution in [0.4, 0.5) is 8.78 Å². The second kappa shape index (κ2) is 1.93. The molecule has 0 radical (unpaired) electrons. The van der Waals surface area contributed by atoms with Gasteiger partial charge in [-0.3, -0.25) is 4.79 Å². The maximum atomic E-state index is 11.6. The van der Waals surface area contributed by atoms with Crippen LogP contribution in [0.2, 0.25) is 0 Å². The maximum absolute atomic E-state index is 11.6. The Kier molecular flexibility index (Phi) is 1.38. The molecule has 2 atom stereocenters. The van der Waals surface area contributed by atoms with Crippen molar-refractivity contribution >= 4 is 5.97 Å². The van der Waals surface area contributed by atoms with E-state index in [1.165, 1.54) is 0 Å². The average molecular weight is 136 g/mol. The number of hydrogen-bond acceptors (Lipinski definition) is 1. The summed E-state index contributed by atoms with van der Waals surface area (Å²) in [6.07, 6.45) is -2.31. The molecule has 1 N–H and O–H groups in total. The number of carboxylic acids is 1. The fourth-order valence-electron chi connectivity index (χ4n) is 0.777. The minimum Gasteiger partial charge on any atom is -0.481 e. The van der Waals surface area contributed by atoms with Gasteiger partial charge in [-0.05, 0) is 6.42 Å². The highest BCUT2D eigenvalue weighted by Crippen LogP contribution is 2.42. The van der Waals surface area contributed by atoms with Crippen molar-refractivity contribution in [3.8, 4) is 0 Å². The van der Waals surface area contributed by atoms with Crippen molar-refractivity contribution in [2.45, 2.75) is 12.8 Å². The molecule has 0 aromatic heterocycles. The summed E-state index contributed by atoms with van der Waals surface area (Å²) in [4.78, 5) is 9.94. The molecule has 9 heavy (non-hydrogen) atoms. The van der Waals surface area contributed by atoms with Crippen molar-refractivity contribution in [1.29, 1.82) is 0 Å². The molecule has 0 bridgehead atoms. The topological polar surface area (TPSA) is 37.3 Å². The van der Waals surface area contributed by atoms with Gasteiger partial charge in [0, 0.05) is 5.92 Å². The first-order chi connectivity index (χ1) is 4.13. The van der Waals surface area contributed by atoms with E-state index in [2.05, 4.69) is 0 Å². The Morgan fingerprint density at radius 3 is 2.33 bits per heavy atom. The molecule has 1 saturated carbocycles. The van der Waals surface area contributed by atoms with E-state index in [0.717, 1.165) is 0 Å². The highest BCUT2D eigenvalue weighted by molar-refractivity contribution is 5.73. The second-order valence-corrected chi connectivity index (χ2v) is 2.18. The maximum Gasteiger partial charge on any atom is 0.307 e. The van der Waals surface area contributed by atoms with Gasteiger partial charge in [0.05, 0.1) is 5.92 Å². The Morgan fingerprint density at radius 2 is 2.22 bits per heavy atom. The van der Waals surface area contributed by atoms with E-state index in [1.807, 2.05) is 0 Å². The molecule has 0 aliphatic heterocycles. The smallest absolute Gasteiger partial charge is 0.307 e. The largest absolute Gasteiger partial charge is 0.481 e. The van der Waals surface area contributed by atoms with Crippen LogP contribution in [0.1, 0.15) is 6.42 Å². The molecule has 0 amide bonds. The molecule has 1 rings (SSSR count). The first-order valence-corrected chi connectivity index (χ1v) is 2.64. The van der Waals surface area contributed by atoms with E-state index in [1.54, 1.807) is 0 Å². The van der Waals surface area contributed by atoms with Gasteiger partial charge in [-0.25, -0.2) is 8.78 Å². The molecule has 2 nitrogen and oxygen atoms in total. The molecular weight excluding hydrogens is 130 g/mol. The van der Waals surface area contributed by atoms with Crippen molar-refractivity contribution in [2.24, 2.45) is 11.8 Å². The number of carbonyl (C=O) groups is 1. The number of rotatable bonds is 2. The van der Waals surface area contributed by atoms with E-state index in [4.69, 9.17) is 5.11 Å². The van der Waals surface area contributed by atoms with Crippen LogP contribution in [0.3, 0.4) is 0 Å². The van der Waals surface area contributed by atoms with Crippen molar-refractivity contribution < 1.29 is 18.7 Å². The molecule has 0 heterocycles. The number of halogens is 2. The minimum atomic E-state index is -2.45. The fourth-order valence-corrected chi connectivity index (χ4v) is 0.777. The molecule has 4 heteroatoms. The normalized spacial score (nSPS) is 32.8. The lowest BCUT2D eigenvalue weighted by Crippen LogP contribution is -2.04. The minimum absolute atomic E-state index is 0.146. The average Bonchev–Trinajstić information content (AvgIpc) is 2.39. The van der Waals surface area contributed by atoms with Crippen LogP contribution in [-0.2, 0) is 4.79 Å². The Hall–Kier alpha value is -0.670. The summed E-state index contributed by atoms with van der Waals surface area (Å²) in [6.45, 7) is 0. The van der Waals surface area contributed by atoms with E-state index < -0.39 is 24.2 Å². The van der Waals surface area contributed by atoms with Gasteiger partial charge in [-0.15, -0.1) is 0 Å². The lowest BCUT2D eigenvalue weighted by atomic mass is 10.3. The second-order valence-electron chi connectivity index (χ2n) is 2.18. The Bertz CT molecular complexity index is 135. The number of alkyl halides is 2. The first-order valence-electron chi connectivity index (χ1n) is 2.64. The van der Waals surface area contributed by atoms with Crippen molar-refractivity contribution in [3.05, 3.63) is 0 Å². The molecule has 0 unspecified atom stereocenters. The van der Waals surface area contributed by atoms with Gasteiger partial charge in [0.15, 0.2) is 0 Å². The van der Waals surface area contributed by atoms with Crippen LogP contribution in [-0.4, -0.2) is 17.5 Å². The van der Waals surface area contributed by atoms with Gasteiger partial charge < -0.3 is 5.11 Å². The van der Waals surface area contributed by atoms with Crippen molar-refractivity contribution in [3.63, 3.8) is 0 Å². The zero-order valence-corrected chi connectivity index (χ0v) is 4.55. The van der Waals surface area contributed by atoms with Gasteiger partial charge in [0.2, 0.25) is 6.43 Å². The number of carboxylic acid groups (broad SMARTS) is 1. The standard InChI is InChI=1S/C5H6F2O2/c6-4(7)2-1-3(2)5(8)9/h2-4H,1H2,(H,8,9)/t2-,3+/m1/s1. The molecule has 1 aliphatic carbocycles. The third kappa shape index (κ3) is 1.17. The van der Waals surface area contributed by atoms with E-state index in [-0.39, 0.29) is 6.42 Å². The Morgan fingerprint density at radius 1 is 1.67 bits per heavy atom. The third-order valence-electron chi connectivity index (χ3n) is 1.48. The monoisotopic (exact) mass is 136 g/mol. The Balaban J connectivity index is 2.33. The van der Waals surface area contributed by atoms with Crippen LogP contribution in [0.25, 0.3) is 0 Å². The lowest BCUT2D eigenvalue weighted by molar-refractivity contribution is -0.139. The molecule has 0 aromatic carbocycles. The molecule has 0 aromatic rings. The van der Waals surface area contributed by atoms with Gasteiger partial charge in [0.1, 0.15) is 0 Å². The molecule has 52 valence electrons. The summed E-state index contributed by atoms with van der Waals surface area (Å²) in [5.74, 6) is -2.74. The molecule has 0 spiro atoms. The molecule has 1 fully saturated rings. The van der Waals surface area contributed by atoms with E-state index in [9.17, 15) is 13.6 Å². The zero-order chi connectivity index (χ0) is 7.02. The molecule has 0 saturated heterocycles. The van der Waals surface area contributed by atoms with Gasteiger partial charge in [-0.1, -0.05) is 0 Å². The molecule has 1 aliphatic rings. The Labute approximate surface area is 50.5 Å². The van der Waals surface area contributed by atoms with Crippen LogP contribution in [0.15, 0.2) is 0 Å². The molecular formula is C5H6F2O2. The number of hydrogen-bond donors (Lipinski definition) is 1. The highest BCUT2D eigenvalue weighted by Gasteiger charge is 2.49. The summed E-state index contributed by atoms with van der Waals surface area (Å²) in [5.41, 5.74) is 0. The lowest BCUT2D eigenvalue weighted by Gasteiger charge is -1.90. The van der Waals surface area contributed by atoms with Crippen LogP contribution in [0, 0.1) is 11.8 Å². The van der Waals surface area contributed by atoms with Crippen LogP contribution >= 0.6 is 0 Å². The summed E-state index contributed by atoms with van der Waals surface area (Å²) in [7, 11) is 0.